The molecule has 0 saturated carbocycles. The van der Waals surface area contributed by atoms with E-state index in [4.69, 9.17) is 5.73 Å². The minimum absolute atomic E-state index is 0.00586. The fourth-order valence-corrected chi connectivity index (χ4v) is 2.12. The molecule has 3 N–H and O–H groups in total. The number of nitrogens with two attached hydrogens (primary N) is 1. The Hall–Kier alpha value is -0.380. The minimum atomic E-state index is -0.619. The van der Waals surface area contributed by atoms with Gasteiger partial charge in [-0.05, 0) is 35.6 Å². The number of benzene rings is 1. The largest absolute Gasteiger partial charge is 0.387 e. The van der Waals surface area contributed by atoms with Gasteiger partial charge in [-0.15, -0.1) is 0 Å². The third-order valence-electron chi connectivity index (χ3n) is 2.64. The molecule has 0 aliphatic rings. The van der Waals surface area contributed by atoms with Crippen LogP contribution in [-0.4, -0.2) is 11.1 Å². The van der Waals surface area contributed by atoms with E-state index < -0.39 is 6.10 Å². The maximum atomic E-state index is 10.1. The molecule has 0 bridgehead atoms. The van der Waals surface area contributed by atoms with Crippen molar-refractivity contribution in [1.29, 1.82) is 0 Å². The molecule has 2 nitrogen and oxygen atoms in total. The van der Waals surface area contributed by atoms with Crippen molar-refractivity contribution in [3.63, 3.8) is 0 Å². The van der Waals surface area contributed by atoms with Crippen molar-refractivity contribution in [2.24, 2.45) is 5.73 Å². The first-order valence-corrected chi connectivity index (χ1v) is 6.26. The van der Waals surface area contributed by atoms with Gasteiger partial charge in [0.05, 0.1) is 6.10 Å². The van der Waals surface area contributed by atoms with Crippen LogP contribution in [0.5, 0.6) is 0 Å². The van der Waals surface area contributed by atoms with E-state index in [1.807, 2.05) is 25.1 Å². The lowest BCUT2D eigenvalue weighted by Crippen LogP contribution is -2.27. The van der Waals surface area contributed by atoms with Gasteiger partial charge in [0.15, 0.2) is 0 Å². The van der Waals surface area contributed by atoms with Crippen molar-refractivity contribution in [2.45, 2.75) is 45.3 Å². The van der Waals surface area contributed by atoms with Crippen molar-refractivity contribution >= 4 is 15.9 Å². The predicted molar refractivity (Wildman–Crippen MR) is 71.5 cm³/mol. The van der Waals surface area contributed by atoms with E-state index >= 15 is 0 Å². The van der Waals surface area contributed by atoms with Gasteiger partial charge in [0.2, 0.25) is 0 Å². The van der Waals surface area contributed by atoms with Crippen LogP contribution in [0.2, 0.25) is 0 Å². The SMILES string of the molecule is CC(N)C(O)c1cc(Br)ccc1C(C)(C)C. The molecule has 16 heavy (non-hydrogen) atoms. The molecule has 2 unspecified atom stereocenters. The van der Waals surface area contributed by atoms with Crippen LogP contribution in [0.4, 0.5) is 0 Å². The molecule has 0 spiro atoms. The zero-order valence-electron chi connectivity index (χ0n) is 10.3. The summed E-state index contributed by atoms with van der Waals surface area (Å²) < 4.78 is 0.968. The van der Waals surface area contributed by atoms with Crippen molar-refractivity contribution in [3.05, 3.63) is 33.8 Å². The van der Waals surface area contributed by atoms with Gasteiger partial charge < -0.3 is 10.8 Å². The van der Waals surface area contributed by atoms with Gasteiger partial charge in [-0.25, -0.2) is 0 Å². The maximum Gasteiger partial charge on any atom is 0.0941 e. The van der Waals surface area contributed by atoms with Crippen molar-refractivity contribution in [1.82, 2.24) is 0 Å². The molecule has 1 rings (SSSR count). The van der Waals surface area contributed by atoms with Crippen LogP contribution in [0.15, 0.2) is 22.7 Å². The van der Waals surface area contributed by atoms with Crippen LogP contribution in [0.25, 0.3) is 0 Å². The van der Waals surface area contributed by atoms with Crippen LogP contribution in [0, 0.1) is 0 Å². The van der Waals surface area contributed by atoms with Crippen molar-refractivity contribution in [2.75, 3.05) is 0 Å². The molecular weight excluding hydrogens is 266 g/mol. The summed E-state index contributed by atoms with van der Waals surface area (Å²) in [6.45, 7) is 8.22. The van der Waals surface area contributed by atoms with Gasteiger partial charge >= 0.3 is 0 Å². The second-order valence-electron chi connectivity index (χ2n) is 5.29. The zero-order chi connectivity index (χ0) is 12.5. The van der Waals surface area contributed by atoms with E-state index in [1.54, 1.807) is 0 Å². The van der Waals surface area contributed by atoms with E-state index in [0.717, 1.165) is 15.6 Å². The molecule has 0 amide bonds. The smallest absolute Gasteiger partial charge is 0.0941 e. The van der Waals surface area contributed by atoms with Crippen LogP contribution in [-0.2, 0) is 5.41 Å². The molecule has 1 aromatic carbocycles. The number of hydrogen-bond donors (Lipinski definition) is 2. The third-order valence-corrected chi connectivity index (χ3v) is 3.13. The molecule has 0 aliphatic heterocycles. The highest BCUT2D eigenvalue weighted by Crippen LogP contribution is 2.32. The predicted octanol–water partition coefficient (Wildman–Crippen LogP) is 3.13. The summed E-state index contributed by atoms with van der Waals surface area (Å²) >= 11 is 3.43. The molecule has 2 atom stereocenters. The standard InChI is InChI=1S/C13H20BrNO/c1-8(15)12(16)10-7-9(14)5-6-11(10)13(2,3)4/h5-8,12,16H,15H2,1-4H3. The normalized spacial score (nSPS) is 15.9. The molecule has 0 saturated heterocycles. The Bertz CT molecular complexity index is 369. The topological polar surface area (TPSA) is 46.2 Å². The number of aliphatic hydroxyl groups excluding tert-OH is 1. The van der Waals surface area contributed by atoms with Gasteiger partial charge in [-0.2, -0.15) is 0 Å². The highest BCUT2D eigenvalue weighted by molar-refractivity contribution is 9.10. The second-order valence-corrected chi connectivity index (χ2v) is 6.20. The van der Waals surface area contributed by atoms with E-state index in [0.29, 0.717) is 0 Å². The number of halogens is 1. The summed E-state index contributed by atoms with van der Waals surface area (Å²) in [6, 6.07) is 5.73. The molecule has 0 aliphatic carbocycles. The first-order chi connectivity index (χ1) is 7.23. The van der Waals surface area contributed by atoms with Gasteiger partial charge in [0.1, 0.15) is 0 Å². The van der Waals surface area contributed by atoms with E-state index in [-0.39, 0.29) is 11.5 Å². The number of hydrogen-bond acceptors (Lipinski definition) is 2. The Labute approximate surface area is 106 Å². The second kappa shape index (κ2) is 4.86. The zero-order valence-corrected chi connectivity index (χ0v) is 11.9. The summed E-state index contributed by atoms with van der Waals surface area (Å²) in [4.78, 5) is 0. The maximum absolute atomic E-state index is 10.1. The van der Waals surface area contributed by atoms with Gasteiger partial charge in [-0.1, -0.05) is 42.8 Å². The average Bonchev–Trinajstić information content (AvgIpc) is 2.14. The van der Waals surface area contributed by atoms with E-state index in [9.17, 15) is 5.11 Å². The molecule has 0 radical (unpaired) electrons. The summed E-state index contributed by atoms with van der Waals surface area (Å²) in [7, 11) is 0. The Morgan fingerprint density at radius 1 is 1.31 bits per heavy atom. The first-order valence-electron chi connectivity index (χ1n) is 5.47. The highest BCUT2D eigenvalue weighted by Gasteiger charge is 2.23. The third kappa shape index (κ3) is 3.06. The summed E-state index contributed by atoms with van der Waals surface area (Å²) in [5, 5.41) is 10.1. The average molecular weight is 286 g/mol. The molecule has 0 aromatic heterocycles. The lowest BCUT2D eigenvalue weighted by Gasteiger charge is -2.27. The van der Waals surface area contributed by atoms with Crippen LogP contribution in [0.1, 0.15) is 44.9 Å². The number of rotatable bonds is 2. The fraction of sp³-hybridized carbons (Fsp3) is 0.538. The van der Waals surface area contributed by atoms with Crippen molar-refractivity contribution < 1.29 is 5.11 Å². The molecular formula is C13H20BrNO. The number of aliphatic hydroxyl groups is 1. The van der Waals surface area contributed by atoms with Crippen LogP contribution >= 0.6 is 15.9 Å². The Morgan fingerprint density at radius 2 is 1.88 bits per heavy atom. The van der Waals surface area contributed by atoms with E-state index in [1.165, 1.54) is 0 Å². The molecule has 1 aromatic rings. The Kier molecular flexibility index (Phi) is 4.16. The summed E-state index contributed by atoms with van der Waals surface area (Å²) in [5.74, 6) is 0. The van der Waals surface area contributed by atoms with Crippen LogP contribution in [0.3, 0.4) is 0 Å². The lowest BCUT2D eigenvalue weighted by molar-refractivity contribution is 0.151. The first kappa shape index (κ1) is 13.7. The fourth-order valence-electron chi connectivity index (χ4n) is 1.74. The molecule has 0 heterocycles. The summed E-state index contributed by atoms with van der Waals surface area (Å²) in [6.07, 6.45) is -0.619. The Morgan fingerprint density at radius 3 is 2.31 bits per heavy atom. The minimum Gasteiger partial charge on any atom is -0.387 e. The van der Waals surface area contributed by atoms with Crippen LogP contribution < -0.4 is 5.73 Å². The summed E-state index contributed by atoms with van der Waals surface area (Å²) in [5.41, 5.74) is 7.82. The van der Waals surface area contributed by atoms with Gasteiger partial charge in [0, 0.05) is 10.5 Å². The highest BCUT2D eigenvalue weighted by atomic mass is 79.9. The molecule has 90 valence electrons. The molecule has 3 heteroatoms. The Balaban J connectivity index is 3.29. The molecule has 0 fully saturated rings. The monoisotopic (exact) mass is 285 g/mol. The van der Waals surface area contributed by atoms with Gasteiger partial charge in [-0.3, -0.25) is 0 Å². The lowest BCUT2D eigenvalue weighted by atomic mass is 9.81. The quantitative estimate of drug-likeness (QED) is 0.877. The van der Waals surface area contributed by atoms with E-state index in [2.05, 4.69) is 36.7 Å². The van der Waals surface area contributed by atoms with Crippen molar-refractivity contribution in [3.8, 4) is 0 Å². The van der Waals surface area contributed by atoms with Gasteiger partial charge in [0.25, 0.3) is 0 Å².